The van der Waals surface area contributed by atoms with Gasteiger partial charge < -0.3 is 9.64 Å². The minimum absolute atomic E-state index is 0.235. The number of benzene rings is 1. The number of aliphatic imine (C=N–C) groups is 1. The second-order valence-electron chi connectivity index (χ2n) is 5.67. The van der Waals surface area contributed by atoms with Crippen LogP contribution >= 0.6 is 0 Å². The zero-order chi connectivity index (χ0) is 15.2. The summed E-state index contributed by atoms with van der Waals surface area (Å²) in [5, 5.41) is 0. The molecule has 1 aliphatic heterocycles. The summed E-state index contributed by atoms with van der Waals surface area (Å²) in [5.41, 5.74) is 1.67. The van der Waals surface area contributed by atoms with E-state index in [-0.39, 0.29) is 5.91 Å². The number of carbonyl (C=O) groups is 1. The van der Waals surface area contributed by atoms with Crippen LogP contribution < -0.4 is 0 Å². The smallest absolute Gasteiger partial charge is 0.295 e. The molecule has 2 rings (SSSR count). The number of nitrogens with zero attached hydrogens (tertiary/aromatic N) is 2. The van der Waals surface area contributed by atoms with E-state index in [2.05, 4.69) is 16.8 Å². The normalized spacial score (nSPS) is 16.9. The van der Waals surface area contributed by atoms with Crippen LogP contribution in [0.4, 0.5) is 0 Å². The molecule has 0 spiro atoms. The Morgan fingerprint density at radius 2 is 2.10 bits per heavy atom. The monoisotopic (exact) mass is 288 g/mol. The van der Waals surface area contributed by atoms with E-state index in [1.165, 1.54) is 0 Å². The molecule has 4 heteroatoms. The topological polar surface area (TPSA) is 41.9 Å². The molecule has 0 N–H and O–H groups in total. The average Bonchev–Trinajstić information content (AvgIpc) is 2.47. The fraction of sp³-hybridized carbons (Fsp3) is 0.529. The van der Waals surface area contributed by atoms with Crippen LogP contribution in [0, 0.1) is 12.8 Å². The van der Waals surface area contributed by atoms with Gasteiger partial charge in [-0.15, -0.1) is 0 Å². The van der Waals surface area contributed by atoms with Crippen molar-refractivity contribution in [3.05, 3.63) is 35.4 Å². The maximum Gasteiger partial charge on any atom is 0.295 e. The molecule has 4 nitrogen and oxygen atoms in total. The molecule has 1 fully saturated rings. The Labute approximate surface area is 126 Å². The van der Waals surface area contributed by atoms with Gasteiger partial charge >= 0.3 is 0 Å². The van der Waals surface area contributed by atoms with Crippen molar-refractivity contribution < 1.29 is 9.53 Å². The van der Waals surface area contributed by atoms with E-state index >= 15 is 0 Å². The maximum atomic E-state index is 12.3. The number of hydrogen-bond donors (Lipinski definition) is 0. The molecule has 21 heavy (non-hydrogen) atoms. The number of ether oxygens (including phenoxy) is 1. The number of hydrogen-bond acceptors (Lipinski definition) is 2. The maximum absolute atomic E-state index is 12.3. The first-order valence-electron chi connectivity index (χ1n) is 7.67. The van der Waals surface area contributed by atoms with Crippen molar-refractivity contribution in [3.8, 4) is 0 Å². The van der Waals surface area contributed by atoms with E-state index in [1.807, 2.05) is 32.0 Å². The van der Waals surface area contributed by atoms with Crippen LogP contribution in [0.15, 0.2) is 29.3 Å². The Hall–Kier alpha value is -1.84. The largest absolute Gasteiger partial charge is 0.465 e. The van der Waals surface area contributed by atoms with Crippen LogP contribution in [-0.2, 0) is 4.74 Å². The highest BCUT2D eigenvalue weighted by Crippen LogP contribution is 2.17. The molecular formula is C17H24N2O2. The Kier molecular flexibility index (Phi) is 5.37. The van der Waals surface area contributed by atoms with Crippen molar-refractivity contribution in [1.82, 2.24) is 4.90 Å². The van der Waals surface area contributed by atoms with E-state index in [4.69, 9.17) is 4.74 Å². The molecule has 114 valence electrons. The molecule has 0 bridgehead atoms. The van der Waals surface area contributed by atoms with Gasteiger partial charge in [0.15, 0.2) is 0 Å². The molecule has 0 aromatic heterocycles. The van der Waals surface area contributed by atoms with Gasteiger partial charge in [0.25, 0.3) is 11.9 Å². The van der Waals surface area contributed by atoms with Gasteiger partial charge in [-0.2, -0.15) is 4.99 Å². The number of likely N-dealkylation sites (tertiary alicyclic amines) is 1. The number of rotatable bonds is 2. The standard InChI is InChI=1S/C17H24N2O2/c1-4-21-17(19-10-8-13(2)9-11-19)18-16(20)15-7-5-6-14(3)12-15/h5-7,12-13H,4,8-11H2,1-3H3. The Morgan fingerprint density at radius 3 is 2.71 bits per heavy atom. The molecule has 1 amide bonds. The van der Waals surface area contributed by atoms with Crippen molar-refractivity contribution in [2.45, 2.75) is 33.6 Å². The highest BCUT2D eigenvalue weighted by Gasteiger charge is 2.21. The third-order valence-electron chi connectivity index (χ3n) is 3.79. The molecule has 0 radical (unpaired) electrons. The van der Waals surface area contributed by atoms with Crippen molar-refractivity contribution >= 4 is 11.9 Å². The molecule has 1 aromatic rings. The van der Waals surface area contributed by atoms with Gasteiger partial charge in [0.05, 0.1) is 6.61 Å². The van der Waals surface area contributed by atoms with Crippen LogP contribution in [0.5, 0.6) is 0 Å². The molecule has 1 aliphatic rings. The van der Waals surface area contributed by atoms with Crippen LogP contribution in [0.1, 0.15) is 42.6 Å². The Bertz CT molecular complexity index is 517. The SMILES string of the molecule is CCOC(=NC(=O)c1cccc(C)c1)N1CCC(C)CC1. The molecule has 0 atom stereocenters. The molecule has 0 aliphatic carbocycles. The average molecular weight is 288 g/mol. The summed E-state index contributed by atoms with van der Waals surface area (Å²) >= 11 is 0. The molecule has 1 heterocycles. The minimum atomic E-state index is -0.235. The molecule has 1 aromatic carbocycles. The van der Waals surface area contributed by atoms with E-state index < -0.39 is 0 Å². The highest BCUT2D eigenvalue weighted by molar-refractivity contribution is 6.01. The molecule has 0 unspecified atom stereocenters. The first-order chi connectivity index (χ1) is 10.1. The van der Waals surface area contributed by atoms with Gasteiger partial charge in [0, 0.05) is 18.7 Å². The zero-order valence-electron chi connectivity index (χ0n) is 13.1. The molecule has 0 saturated carbocycles. The van der Waals surface area contributed by atoms with Gasteiger partial charge in [0.2, 0.25) is 0 Å². The predicted octanol–water partition coefficient (Wildman–Crippen LogP) is 3.26. The fourth-order valence-electron chi connectivity index (χ4n) is 2.45. The second-order valence-corrected chi connectivity index (χ2v) is 5.67. The van der Waals surface area contributed by atoms with E-state index in [9.17, 15) is 4.79 Å². The van der Waals surface area contributed by atoms with Crippen molar-refractivity contribution in [2.75, 3.05) is 19.7 Å². The lowest BCUT2D eigenvalue weighted by Crippen LogP contribution is -2.39. The summed E-state index contributed by atoms with van der Waals surface area (Å²) in [6, 6.07) is 7.96. The lowest BCUT2D eigenvalue weighted by Gasteiger charge is -2.31. The van der Waals surface area contributed by atoms with Crippen LogP contribution in [-0.4, -0.2) is 36.5 Å². The van der Waals surface area contributed by atoms with E-state index in [0.717, 1.165) is 37.4 Å². The Morgan fingerprint density at radius 1 is 1.38 bits per heavy atom. The van der Waals surface area contributed by atoms with Gasteiger partial charge in [-0.05, 0) is 44.7 Å². The first kappa shape index (κ1) is 15.5. The summed E-state index contributed by atoms with van der Waals surface area (Å²) in [7, 11) is 0. The summed E-state index contributed by atoms with van der Waals surface area (Å²) in [6.07, 6.45) is 2.23. The minimum Gasteiger partial charge on any atom is -0.465 e. The van der Waals surface area contributed by atoms with Crippen LogP contribution in [0.3, 0.4) is 0 Å². The van der Waals surface area contributed by atoms with Gasteiger partial charge in [-0.25, -0.2) is 0 Å². The van der Waals surface area contributed by atoms with E-state index in [1.54, 1.807) is 6.07 Å². The summed E-state index contributed by atoms with van der Waals surface area (Å²) in [6.45, 7) is 8.47. The number of carbonyl (C=O) groups excluding carboxylic acids is 1. The van der Waals surface area contributed by atoms with Crippen LogP contribution in [0.25, 0.3) is 0 Å². The van der Waals surface area contributed by atoms with Crippen molar-refractivity contribution in [1.29, 1.82) is 0 Å². The summed E-state index contributed by atoms with van der Waals surface area (Å²) in [5.74, 6) is 0.498. The number of piperidine rings is 1. The third kappa shape index (κ3) is 4.31. The number of aryl methyl sites for hydroxylation is 1. The van der Waals surface area contributed by atoms with Gasteiger partial charge in [-0.1, -0.05) is 24.6 Å². The van der Waals surface area contributed by atoms with Crippen molar-refractivity contribution in [3.63, 3.8) is 0 Å². The lowest BCUT2D eigenvalue weighted by atomic mass is 10.00. The molecular weight excluding hydrogens is 264 g/mol. The predicted molar refractivity (Wildman–Crippen MR) is 84.5 cm³/mol. The summed E-state index contributed by atoms with van der Waals surface area (Å²) in [4.78, 5) is 18.6. The van der Waals surface area contributed by atoms with Crippen LogP contribution in [0.2, 0.25) is 0 Å². The highest BCUT2D eigenvalue weighted by atomic mass is 16.5. The number of amides is 1. The second kappa shape index (κ2) is 7.25. The van der Waals surface area contributed by atoms with Gasteiger partial charge in [0.1, 0.15) is 0 Å². The zero-order valence-corrected chi connectivity index (χ0v) is 13.1. The first-order valence-corrected chi connectivity index (χ1v) is 7.67. The third-order valence-corrected chi connectivity index (χ3v) is 3.79. The fourth-order valence-corrected chi connectivity index (χ4v) is 2.45. The quantitative estimate of drug-likeness (QED) is 0.619. The summed E-state index contributed by atoms with van der Waals surface area (Å²) < 4.78 is 5.59. The van der Waals surface area contributed by atoms with Crippen molar-refractivity contribution in [2.24, 2.45) is 10.9 Å². The van der Waals surface area contributed by atoms with Gasteiger partial charge in [-0.3, -0.25) is 4.79 Å². The number of amidine groups is 1. The molecule has 1 saturated heterocycles. The lowest BCUT2D eigenvalue weighted by molar-refractivity contribution is 0.0992. The van der Waals surface area contributed by atoms with E-state index in [0.29, 0.717) is 18.2 Å². The Balaban J connectivity index is 2.14.